The van der Waals surface area contributed by atoms with Gasteiger partial charge in [0.15, 0.2) is 5.82 Å². The highest BCUT2D eigenvalue weighted by molar-refractivity contribution is 9.11. The van der Waals surface area contributed by atoms with Gasteiger partial charge in [-0.15, -0.1) is 0 Å². The van der Waals surface area contributed by atoms with Crippen molar-refractivity contribution in [2.24, 2.45) is 0 Å². The van der Waals surface area contributed by atoms with Gasteiger partial charge in [-0.25, -0.2) is 9.97 Å². The number of nitrogens with one attached hydrogen (secondary N) is 1. The molecule has 0 spiro atoms. The van der Waals surface area contributed by atoms with Crippen LogP contribution in [0.2, 0.25) is 0 Å². The first-order chi connectivity index (χ1) is 10.2. The van der Waals surface area contributed by atoms with Crippen LogP contribution in [0, 0.1) is 0 Å². The van der Waals surface area contributed by atoms with Gasteiger partial charge in [-0.2, -0.15) is 0 Å². The monoisotopic (exact) mass is 409 g/mol. The number of nitrogens with zero attached hydrogens (tertiary/aromatic N) is 2. The topological polar surface area (TPSA) is 37.8 Å². The molecule has 5 heteroatoms. The van der Waals surface area contributed by atoms with Gasteiger partial charge in [0, 0.05) is 22.5 Å². The van der Waals surface area contributed by atoms with Gasteiger partial charge in [0.1, 0.15) is 5.82 Å². The molecular formula is C16H17Br2N3. The third kappa shape index (κ3) is 3.46. The average molecular weight is 411 g/mol. The third-order valence-electron chi connectivity index (χ3n) is 3.47. The Labute approximate surface area is 141 Å². The maximum absolute atomic E-state index is 4.80. The summed E-state index contributed by atoms with van der Waals surface area (Å²) in [7, 11) is 0. The van der Waals surface area contributed by atoms with Gasteiger partial charge in [0.25, 0.3) is 0 Å². The van der Waals surface area contributed by atoms with Crippen LogP contribution in [-0.2, 0) is 0 Å². The van der Waals surface area contributed by atoms with E-state index in [4.69, 9.17) is 9.97 Å². The lowest BCUT2D eigenvalue weighted by atomic mass is 10.2. The second kappa shape index (κ2) is 6.44. The van der Waals surface area contributed by atoms with Crippen molar-refractivity contribution in [2.75, 3.05) is 11.9 Å². The van der Waals surface area contributed by atoms with Crippen LogP contribution in [-0.4, -0.2) is 16.5 Å². The van der Waals surface area contributed by atoms with E-state index in [2.05, 4.69) is 50.2 Å². The van der Waals surface area contributed by atoms with Gasteiger partial charge < -0.3 is 5.32 Å². The van der Waals surface area contributed by atoms with Crippen molar-refractivity contribution in [2.45, 2.75) is 32.1 Å². The van der Waals surface area contributed by atoms with Crippen molar-refractivity contribution in [3.63, 3.8) is 0 Å². The third-order valence-corrected chi connectivity index (χ3v) is 4.74. The molecule has 0 radical (unpaired) electrons. The van der Waals surface area contributed by atoms with Crippen LogP contribution in [0.15, 0.2) is 33.2 Å². The largest absolute Gasteiger partial charge is 0.369 e. The normalized spacial score (nSPS) is 14.2. The van der Waals surface area contributed by atoms with Crippen molar-refractivity contribution >= 4 is 37.7 Å². The van der Waals surface area contributed by atoms with Crippen molar-refractivity contribution in [1.29, 1.82) is 0 Å². The predicted molar refractivity (Wildman–Crippen MR) is 93.6 cm³/mol. The van der Waals surface area contributed by atoms with Crippen molar-refractivity contribution in [3.05, 3.63) is 38.9 Å². The molecule has 1 N–H and O–H groups in total. The van der Waals surface area contributed by atoms with Gasteiger partial charge in [0.2, 0.25) is 0 Å². The van der Waals surface area contributed by atoms with Gasteiger partial charge in [-0.05, 0) is 47.3 Å². The summed E-state index contributed by atoms with van der Waals surface area (Å²) in [5.41, 5.74) is 2.18. The number of hydrogen-bond acceptors (Lipinski definition) is 3. The van der Waals surface area contributed by atoms with Gasteiger partial charge in [-0.3, -0.25) is 0 Å². The van der Waals surface area contributed by atoms with E-state index < -0.39 is 0 Å². The van der Waals surface area contributed by atoms with E-state index in [1.807, 2.05) is 18.2 Å². The summed E-state index contributed by atoms with van der Waals surface area (Å²) < 4.78 is 2.07. The first-order valence-corrected chi connectivity index (χ1v) is 8.85. The maximum Gasteiger partial charge on any atom is 0.161 e. The number of rotatable bonds is 5. The SMILES string of the molecule is CCCNc1nc(-c2cccc(Br)c2)nc(C2CC2)c1Br. The van der Waals surface area contributed by atoms with Gasteiger partial charge >= 0.3 is 0 Å². The van der Waals surface area contributed by atoms with Crippen LogP contribution in [0.3, 0.4) is 0 Å². The summed E-state index contributed by atoms with van der Waals surface area (Å²) >= 11 is 7.19. The molecule has 1 fully saturated rings. The summed E-state index contributed by atoms with van der Waals surface area (Å²) in [6.07, 6.45) is 3.52. The maximum atomic E-state index is 4.80. The molecule has 1 aromatic carbocycles. The van der Waals surface area contributed by atoms with E-state index >= 15 is 0 Å². The van der Waals surface area contributed by atoms with Gasteiger partial charge in [0.05, 0.1) is 10.2 Å². The average Bonchev–Trinajstić information content (AvgIpc) is 3.31. The predicted octanol–water partition coefficient (Wildman–Crippen LogP) is 5.37. The van der Waals surface area contributed by atoms with Crippen molar-refractivity contribution in [3.8, 4) is 11.4 Å². The fraction of sp³-hybridized carbons (Fsp3) is 0.375. The van der Waals surface area contributed by atoms with Crippen LogP contribution in [0.5, 0.6) is 0 Å². The molecule has 0 saturated heterocycles. The highest BCUT2D eigenvalue weighted by Gasteiger charge is 2.29. The van der Waals surface area contributed by atoms with Crippen molar-refractivity contribution < 1.29 is 0 Å². The summed E-state index contributed by atoms with van der Waals surface area (Å²) in [6, 6.07) is 8.14. The van der Waals surface area contributed by atoms with Crippen LogP contribution in [0.4, 0.5) is 5.82 Å². The lowest BCUT2D eigenvalue weighted by molar-refractivity contribution is 0.940. The smallest absolute Gasteiger partial charge is 0.161 e. The molecule has 3 nitrogen and oxygen atoms in total. The molecule has 0 unspecified atom stereocenters. The molecule has 110 valence electrons. The molecular weight excluding hydrogens is 394 g/mol. The van der Waals surface area contributed by atoms with E-state index in [0.29, 0.717) is 5.92 Å². The van der Waals surface area contributed by atoms with Crippen LogP contribution in [0.25, 0.3) is 11.4 Å². The second-order valence-corrected chi connectivity index (χ2v) is 7.02. The minimum Gasteiger partial charge on any atom is -0.369 e. The molecule has 1 aliphatic carbocycles. The molecule has 21 heavy (non-hydrogen) atoms. The Balaban J connectivity index is 2.05. The highest BCUT2D eigenvalue weighted by atomic mass is 79.9. The minimum absolute atomic E-state index is 0.579. The van der Waals surface area contributed by atoms with E-state index in [1.165, 1.54) is 12.8 Å². The molecule has 1 heterocycles. The number of benzene rings is 1. The summed E-state index contributed by atoms with van der Waals surface area (Å²) in [4.78, 5) is 9.50. The standard InChI is InChI=1S/C16H17Br2N3/c1-2-8-19-16-13(18)14(10-6-7-10)20-15(21-16)11-4-3-5-12(17)9-11/h3-5,9-10H,2,6-8H2,1H3,(H,19,20,21). The van der Waals surface area contributed by atoms with Crippen LogP contribution >= 0.6 is 31.9 Å². The molecule has 0 aliphatic heterocycles. The molecule has 2 aromatic rings. The Morgan fingerprint density at radius 2 is 2.05 bits per heavy atom. The molecule has 3 rings (SSSR count). The summed E-state index contributed by atoms with van der Waals surface area (Å²) in [5.74, 6) is 2.28. The fourth-order valence-corrected chi connectivity index (χ4v) is 3.25. The lowest BCUT2D eigenvalue weighted by Gasteiger charge is -2.12. The molecule has 0 atom stereocenters. The zero-order chi connectivity index (χ0) is 14.8. The highest BCUT2D eigenvalue weighted by Crippen LogP contribution is 2.44. The second-order valence-electron chi connectivity index (χ2n) is 5.31. The van der Waals surface area contributed by atoms with Crippen molar-refractivity contribution in [1.82, 2.24) is 9.97 Å². The van der Waals surface area contributed by atoms with E-state index in [0.717, 1.165) is 44.8 Å². The number of anilines is 1. The Hall–Kier alpha value is -0.940. The Morgan fingerprint density at radius 3 is 2.71 bits per heavy atom. The molecule has 1 aliphatic rings. The zero-order valence-electron chi connectivity index (χ0n) is 11.9. The summed E-state index contributed by atoms with van der Waals surface area (Å²) in [6.45, 7) is 3.07. The fourth-order valence-electron chi connectivity index (χ4n) is 2.21. The molecule has 1 saturated carbocycles. The van der Waals surface area contributed by atoms with Crippen LogP contribution < -0.4 is 5.32 Å². The lowest BCUT2D eigenvalue weighted by Crippen LogP contribution is -2.07. The Kier molecular flexibility index (Phi) is 4.60. The quantitative estimate of drug-likeness (QED) is 0.719. The van der Waals surface area contributed by atoms with E-state index in [-0.39, 0.29) is 0 Å². The van der Waals surface area contributed by atoms with Crippen LogP contribution in [0.1, 0.15) is 37.8 Å². The van der Waals surface area contributed by atoms with Gasteiger partial charge in [-0.1, -0.05) is 35.0 Å². The first-order valence-electron chi connectivity index (χ1n) is 7.26. The first kappa shape index (κ1) is 15.0. The molecule has 0 amide bonds. The van der Waals surface area contributed by atoms with E-state index in [9.17, 15) is 0 Å². The Bertz CT molecular complexity index is 654. The summed E-state index contributed by atoms with van der Waals surface area (Å²) in [5, 5.41) is 3.40. The number of aromatic nitrogens is 2. The van der Waals surface area contributed by atoms with E-state index in [1.54, 1.807) is 0 Å². The molecule has 0 bridgehead atoms. The molecule has 1 aromatic heterocycles. The minimum atomic E-state index is 0.579. The zero-order valence-corrected chi connectivity index (χ0v) is 15.0. The Morgan fingerprint density at radius 1 is 1.24 bits per heavy atom. The number of halogens is 2. The number of hydrogen-bond donors (Lipinski definition) is 1.